The highest BCUT2D eigenvalue weighted by Gasteiger charge is 2.16. The van der Waals surface area contributed by atoms with Gasteiger partial charge in [0, 0.05) is 12.7 Å². The van der Waals surface area contributed by atoms with Gasteiger partial charge in [-0.2, -0.15) is 0 Å². The van der Waals surface area contributed by atoms with Gasteiger partial charge in [-0.1, -0.05) is 5.59 Å². The van der Waals surface area contributed by atoms with Gasteiger partial charge in [-0.05, 0) is 15.9 Å². The van der Waals surface area contributed by atoms with Gasteiger partial charge >= 0.3 is 11.7 Å². The summed E-state index contributed by atoms with van der Waals surface area (Å²) in [6.07, 6.45) is 2.34. The fraction of sp³-hybridized carbons (Fsp3) is 0.250. The Morgan fingerprint density at radius 3 is 2.83 bits per heavy atom. The lowest BCUT2D eigenvalue weighted by Gasteiger charge is -2.06. The summed E-state index contributed by atoms with van der Waals surface area (Å²) < 4.78 is 1.38. The monoisotopic (exact) mass is 320 g/mol. The Bertz CT molecular complexity index is 529. The standard InChI is InChI=1S/C8H9BrN4O5/c9-5-3-12(2-1-7(14)18-11-10)4-6(8(5)15)13(16)17/h3-4,11H,1-2,10H2. The van der Waals surface area contributed by atoms with Crippen molar-refractivity contribution in [1.82, 2.24) is 10.2 Å². The van der Waals surface area contributed by atoms with Gasteiger partial charge in [-0.3, -0.25) is 19.7 Å². The molecule has 9 nitrogen and oxygen atoms in total. The molecule has 0 aliphatic carbocycles. The molecule has 0 aromatic carbocycles. The second-order valence-electron chi connectivity index (χ2n) is 3.16. The van der Waals surface area contributed by atoms with E-state index >= 15 is 0 Å². The number of carbonyl (C=O) groups excluding carboxylic acids is 1. The Balaban J connectivity index is 2.88. The minimum Gasteiger partial charge on any atom is -0.356 e. The predicted octanol–water partition coefficient (Wildman–Crippen LogP) is -0.169. The van der Waals surface area contributed by atoms with E-state index < -0.39 is 22.0 Å². The molecule has 1 heterocycles. The molecule has 1 aromatic rings. The number of nitro groups is 1. The molecular weight excluding hydrogens is 312 g/mol. The number of hydrogen-bond donors (Lipinski definition) is 2. The Labute approximate surface area is 109 Å². The molecule has 0 atom stereocenters. The zero-order chi connectivity index (χ0) is 13.7. The summed E-state index contributed by atoms with van der Waals surface area (Å²) in [5, 5.41) is 10.6. The molecule has 98 valence electrons. The SMILES string of the molecule is NNOC(=O)CCn1cc(Br)c(=O)c([N+](=O)[O-])c1. The van der Waals surface area contributed by atoms with E-state index in [9.17, 15) is 19.7 Å². The van der Waals surface area contributed by atoms with Crippen molar-refractivity contribution in [2.24, 2.45) is 5.84 Å². The lowest BCUT2D eigenvalue weighted by molar-refractivity contribution is -0.386. The summed E-state index contributed by atoms with van der Waals surface area (Å²) in [5.41, 5.74) is 0.433. The first-order valence-electron chi connectivity index (χ1n) is 4.65. The number of nitrogens with one attached hydrogen (secondary N) is 1. The summed E-state index contributed by atoms with van der Waals surface area (Å²) in [4.78, 5) is 36.5. The third-order valence-corrected chi connectivity index (χ3v) is 2.53. The van der Waals surface area contributed by atoms with Gasteiger partial charge in [0.15, 0.2) is 0 Å². The average Bonchev–Trinajstić information content (AvgIpc) is 2.30. The van der Waals surface area contributed by atoms with E-state index in [1.165, 1.54) is 10.8 Å². The van der Waals surface area contributed by atoms with Crippen LogP contribution in [0.4, 0.5) is 5.69 Å². The second kappa shape index (κ2) is 6.23. The molecule has 0 bridgehead atoms. The first-order valence-corrected chi connectivity index (χ1v) is 5.44. The molecule has 1 aromatic heterocycles. The number of hydrazine groups is 1. The van der Waals surface area contributed by atoms with E-state index in [4.69, 9.17) is 5.84 Å². The molecule has 0 saturated carbocycles. The van der Waals surface area contributed by atoms with E-state index in [1.54, 1.807) is 5.59 Å². The normalized spacial score (nSPS) is 10.1. The van der Waals surface area contributed by atoms with Crippen molar-refractivity contribution in [3.8, 4) is 0 Å². The summed E-state index contributed by atoms with van der Waals surface area (Å²) in [6, 6.07) is 0. The van der Waals surface area contributed by atoms with Crippen LogP contribution in [-0.2, 0) is 16.2 Å². The molecule has 1 rings (SSSR count). The third kappa shape index (κ3) is 3.61. The Kier molecular flexibility index (Phi) is 4.95. The number of rotatable bonds is 5. The molecule has 0 spiro atoms. The predicted molar refractivity (Wildman–Crippen MR) is 63.1 cm³/mol. The number of hydrogen-bond acceptors (Lipinski definition) is 7. The smallest absolute Gasteiger partial charge is 0.333 e. The van der Waals surface area contributed by atoms with Crippen molar-refractivity contribution < 1.29 is 14.6 Å². The van der Waals surface area contributed by atoms with Gasteiger partial charge in [0.2, 0.25) is 0 Å². The lowest BCUT2D eigenvalue weighted by Crippen LogP contribution is -2.26. The fourth-order valence-corrected chi connectivity index (χ4v) is 1.64. The van der Waals surface area contributed by atoms with Crippen LogP contribution in [-0.4, -0.2) is 15.5 Å². The molecule has 0 saturated heterocycles. The highest BCUT2D eigenvalue weighted by molar-refractivity contribution is 9.10. The van der Waals surface area contributed by atoms with E-state index in [0.717, 1.165) is 6.20 Å². The highest BCUT2D eigenvalue weighted by atomic mass is 79.9. The largest absolute Gasteiger partial charge is 0.356 e. The Hall–Kier alpha value is -1.78. The Morgan fingerprint density at radius 2 is 2.28 bits per heavy atom. The zero-order valence-electron chi connectivity index (χ0n) is 8.96. The number of carbonyl (C=O) groups is 1. The quantitative estimate of drug-likeness (QED) is 0.437. The molecule has 18 heavy (non-hydrogen) atoms. The molecule has 0 amide bonds. The Morgan fingerprint density at radius 1 is 1.61 bits per heavy atom. The van der Waals surface area contributed by atoms with Gasteiger partial charge < -0.3 is 9.40 Å². The maximum atomic E-state index is 11.4. The van der Waals surface area contributed by atoms with Gasteiger partial charge in [-0.15, -0.1) is 0 Å². The molecule has 10 heteroatoms. The molecule has 0 aliphatic rings. The maximum absolute atomic E-state index is 11.4. The molecule has 0 aliphatic heterocycles. The maximum Gasteiger partial charge on any atom is 0.333 e. The van der Waals surface area contributed by atoms with E-state index in [-0.39, 0.29) is 17.4 Å². The molecular formula is C8H9BrN4O5. The van der Waals surface area contributed by atoms with Gasteiger partial charge in [0.05, 0.1) is 22.0 Å². The van der Waals surface area contributed by atoms with Crippen LogP contribution in [0.5, 0.6) is 0 Å². The number of aromatic nitrogens is 1. The highest BCUT2D eigenvalue weighted by Crippen LogP contribution is 2.11. The molecule has 0 unspecified atom stereocenters. The zero-order valence-corrected chi connectivity index (χ0v) is 10.5. The van der Waals surface area contributed by atoms with Crippen molar-refractivity contribution in [2.45, 2.75) is 13.0 Å². The van der Waals surface area contributed by atoms with E-state index in [2.05, 4.69) is 20.8 Å². The lowest BCUT2D eigenvalue weighted by atomic mass is 10.3. The van der Waals surface area contributed by atoms with Crippen molar-refractivity contribution in [1.29, 1.82) is 0 Å². The van der Waals surface area contributed by atoms with Crippen LogP contribution in [0.3, 0.4) is 0 Å². The minimum absolute atomic E-state index is 0.0435. The number of aryl methyl sites for hydroxylation is 1. The summed E-state index contributed by atoms with van der Waals surface area (Å²) in [5.74, 6) is 4.14. The van der Waals surface area contributed by atoms with Gasteiger partial charge in [-0.25, -0.2) is 5.84 Å². The van der Waals surface area contributed by atoms with Gasteiger partial charge in [0.1, 0.15) is 0 Å². The van der Waals surface area contributed by atoms with Crippen LogP contribution < -0.4 is 16.9 Å². The van der Waals surface area contributed by atoms with Crippen LogP contribution in [0.25, 0.3) is 0 Å². The van der Waals surface area contributed by atoms with Crippen LogP contribution in [0.2, 0.25) is 0 Å². The van der Waals surface area contributed by atoms with Gasteiger partial charge in [0.25, 0.3) is 5.43 Å². The van der Waals surface area contributed by atoms with E-state index in [0.29, 0.717) is 0 Å². The molecule has 0 fully saturated rings. The van der Waals surface area contributed by atoms with Crippen LogP contribution in [0.15, 0.2) is 21.7 Å². The van der Waals surface area contributed by atoms with Crippen LogP contribution >= 0.6 is 15.9 Å². The number of nitrogens with two attached hydrogens (primary N) is 1. The molecule has 3 N–H and O–H groups in total. The summed E-state index contributed by atoms with van der Waals surface area (Å²) in [6.45, 7) is 0.111. The van der Waals surface area contributed by atoms with Crippen molar-refractivity contribution in [3.05, 3.63) is 37.2 Å². The fourth-order valence-electron chi connectivity index (χ4n) is 1.18. The average molecular weight is 321 g/mol. The number of halogens is 1. The summed E-state index contributed by atoms with van der Waals surface area (Å²) in [7, 11) is 0. The second-order valence-corrected chi connectivity index (χ2v) is 4.01. The minimum atomic E-state index is -0.788. The number of pyridine rings is 1. The first kappa shape index (κ1) is 14.3. The summed E-state index contributed by atoms with van der Waals surface area (Å²) >= 11 is 2.92. The van der Waals surface area contributed by atoms with Crippen molar-refractivity contribution in [3.63, 3.8) is 0 Å². The topological polar surface area (TPSA) is 129 Å². The van der Waals surface area contributed by atoms with Crippen molar-refractivity contribution in [2.75, 3.05) is 0 Å². The van der Waals surface area contributed by atoms with Crippen molar-refractivity contribution >= 4 is 27.6 Å². The van der Waals surface area contributed by atoms with Crippen LogP contribution in [0, 0.1) is 10.1 Å². The molecule has 0 radical (unpaired) electrons. The van der Waals surface area contributed by atoms with E-state index in [1.807, 2.05) is 0 Å². The number of nitrogens with zero attached hydrogens (tertiary/aromatic N) is 2. The third-order valence-electron chi connectivity index (χ3n) is 1.96. The first-order chi connectivity index (χ1) is 8.45. The van der Waals surface area contributed by atoms with Crippen LogP contribution in [0.1, 0.15) is 6.42 Å².